The van der Waals surface area contributed by atoms with Gasteiger partial charge in [-0.1, -0.05) is 12.5 Å². The summed E-state index contributed by atoms with van der Waals surface area (Å²) in [6.45, 7) is 0.457. The zero-order valence-corrected chi connectivity index (χ0v) is 12.3. The number of pyridine rings is 1. The van der Waals surface area contributed by atoms with Crippen LogP contribution in [0.15, 0.2) is 24.4 Å². The number of halogens is 1. The highest BCUT2D eigenvalue weighted by molar-refractivity contribution is 7.89. The molecule has 1 aliphatic carbocycles. The van der Waals surface area contributed by atoms with E-state index < -0.39 is 10.0 Å². The Bertz CT molecular complexity index is 493. The molecule has 2 atom stereocenters. The lowest BCUT2D eigenvalue weighted by Crippen LogP contribution is -2.33. The Labute approximate surface area is 119 Å². The van der Waals surface area contributed by atoms with Crippen LogP contribution in [0.3, 0.4) is 0 Å². The van der Waals surface area contributed by atoms with Gasteiger partial charge in [-0.15, -0.1) is 11.6 Å². The van der Waals surface area contributed by atoms with Crippen LogP contribution < -0.4 is 4.72 Å². The molecular formula is C13H19ClN2O2S. The van der Waals surface area contributed by atoms with Gasteiger partial charge in [-0.3, -0.25) is 4.98 Å². The summed E-state index contributed by atoms with van der Waals surface area (Å²) in [5, 5.41) is 0.110. The van der Waals surface area contributed by atoms with Crippen LogP contribution in [-0.4, -0.2) is 31.1 Å². The third kappa shape index (κ3) is 4.75. The smallest absolute Gasteiger partial charge is 0.211 e. The minimum absolute atomic E-state index is 0.0731. The minimum atomic E-state index is -3.24. The Hall–Kier alpha value is -0.650. The Balaban J connectivity index is 1.79. The van der Waals surface area contributed by atoms with Gasteiger partial charge < -0.3 is 0 Å². The molecule has 1 N–H and O–H groups in total. The van der Waals surface area contributed by atoms with Gasteiger partial charge in [-0.2, -0.15) is 0 Å². The molecule has 1 aromatic heterocycles. The molecule has 1 saturated carbocycles. The standard InChI is InChI=1S/C13H19ClN2O2S/c14-13-6-3-4-11(13)10-16-19(17,18)9-7-12-5-1-2-8-15-12/h1-2,5,8,11,13,16H,3-4,6-7,9-10H2. The van der Waals surface area contributed by atoms with E-state index in [0.717, 1.165) is 25.0 Å². The second-order valence-electron chi connectivity index (χ2n) is 4.95. The number of nitrogens with zero attached hydrogens (tertiary/aromatic N) is 1. The van der Waals surface area contributed by atoms with Gasteiger partial charge in [0.05, 0.1) is 5.75 Å². The number of hydrogen-bond donors (Lipinski definition) is 1. The molecule has 2 unspecified atom stereocenters. The van der Waals surface area contributed by atoms with Crippen LogP contribution in [-0.2, 0) is 16.4 Å². The van der Waals surface area contributed by atoms with Crippen molar-refractivity contribution in [1.82, 2.24) is 9.71 Å². The van der Waals surface area contributed by atoms with E-state index in [1.165, 1.54) is 0 Å². The van der Waals surface area contributed by atoms with Crippen molar-refractivity contribution < 1.29 is 8.42 Å². The van der Waals surface area contributed by atoms with Crippen molar-refractivity contribution in [2.24, 2.45) is 5.92 Å². The number of aromatic nitrogens is 1. The van der Waals surface area contributed by atoms with E-state index >= 15 is 0 Å². The molecule has 0 radical (unpaired) electrons. The molecule has 0 spiro atoms. The van der Waals surface area contributed by atoms with Gasteiger partial charge >= 0.3 is 0 Å². The predicted octanol–water partition coefficient (Wildman–Crippen LogP) is 1.95. The number of nitrogens with one attached hydrogen (secondary N) is 1. The van der Waals surface area contributed by atoms with Crippen LogP contribution in [0.1, 0.15) is 25.0 Å². The lowest BCUT2D eigenvalue weighted by Gasteiger charge is -2.14. The van der Waals surface area contributed by atoms with E-state index in [1.807, 2.05) is 18.2 Å². The topological polar surface area (TPSA) is 59.1 Å². The number of aryl methyl sites for hydroxylation is 1. The third-order valence-corrected chi connectivity index (χ3v) is 5.41. The van der Waals surface area contributed by atoms with Crippen LogP contribution >= 0.6 is 11.6 Å². The van der Waals surface area contributed by atoms with Crippen molar-refractivity contribution in [2.45, 2.75) is 31.1 Å². The summed E-state index contributed by atoms with van der Waals surface area (Å²) in [6.07, 6.45) is 5.20. The molecule has 4 nitrogen and oxygen atoms in total. The zero-order valence-electron chi connectivity index (χ0n) is 10.8. The monoisotopic (exact) mass is 302 g/mol. The fourth-order valence-corrected chi connectivity index (χ4v) is 3.77. The number of sulfonamides is 1. The van der Waals surface area contributed by atoms with Gasteiger partial charge in [-0.25, -0.2) is 13.1 Å². The van der Waals surface area contributed by atoms with Crippen LogP contribution in [0.25, 0.3) is 0 Å². The molecule has 0 bridgehead atoms. The van der Waals surface area contributed by atoms with E-state index in [1.54, 1.807) is 6.20 Å². The summed E-state index contributed by atoms with van der Waals surface area (Å²) in [4.78, 5) is 4.12. The van der Waals surface area contributed by atoms with Crippen molar-refractivity contribution in [3.63, 3.8) is 0 Å². The first-order chi connectivity index (χ1) is 9.07. The van der Waals surface area contributed by atoms with Crippen molar-refractivity contribution in [2.75, 3.05) is 12.3 Å². The van der Waals surface area contributed by atoms with E-state index in [9.17, 15) is 8.42 Å². The van der Waals surface area contributed by atoms with E-state index in [2.05, 4.69) is 9.71 Å². The lowest BCUT2D eigenvalue weighted by atomic mass is 10.1. The molecule has 2 rings (SSSR count). The predicted molar refractivity (Wildman–Crippen MR) is 76.7 cm³/mol. The highest BCUT2D eigenvalue weighted by Gasteiger charge is 2.26. The van der Waals surface area contributed by atoms with Crippen LogP contribution in [0.5, 0.6) is 0 Å². The van der Waals surface area contributed by atoms with Gasteiger partial charge in [0.15, 0.2) is 0 Å². The average Bonchev–Trinajstić information content (AvgIpc) is 2.81. The Kier molecular flexibility index (Phi) is 5.19. The summed E-state index contributed by atoms with van der Waals surface area (Å²) >= 11 is 6.14. The molecule has 0 saturated heterocycles. The normalized spacial score (nSPS) is 23.6. The second-order valence-corrected chi connectivity index (χ2v) is 7.43. The van der Waals surface area contributed by atoms with Crippen molar-refractivity contribution in [3.8, 4) is 0 Å². The molecule has 0 aliphatic heterocycles. The van der Waals surface area contributed by atoms with Crippen LogP contribution in [0, 0.1) is 5.92 Å². The maximum absolute atomic E-state index is 11.9. The fourth-order valence-electron chi connectivity index (χ4n) is 2.31. The molecule has 0 aromatic carbocycles. The Morgan fingerprint density at radius 2 is 2.21 bits per heavy atom. The molecule has 0 amide bonds. The lowest BCUT2D eigenvalue weighted by molar-refractivity contribution is 0.523. The highest BCUT2D eigenvalue weighted by atomic mass is 35.5. The summed E-state index contributed by atoms with van der Waals surface area (Å²) in [6, 6.07) is 5.51. The summed E-state index contributed by atoms with van der Waals surface area (Å²) in [5.41, 5.74) is 0.795. The van der Waals surface area contributed by atoms with Gasteiger partial charge in [0, 0.05) is 30.2 Å². The summed E-state index contributed by atoms with van der Waals surface area (Å²) < 4.78 is 26.4. The van der Waals surface area contributed by atoms with Crippen molar-refractivity contribution in [3.05, 3.63) is 30.1 Å². The van der Waals surface area contributed by atoms with E-state index in [4.69, 9.17) is 11.6 Å². The quantitative estimate of drug-likeness (QED) is 0.817. The number of alkyl halides is 1. The Morgan fingerprint density at radius 3 is 2.84 bits per heavy atom. The summed E-state index contributed by atoms with van der Waals surface area (Å²) in [7, 11) is -3.24. The van der Waals surface area contributed by atoms with E-state index in [0.29, 0.717) is 13.0 Å². The molecular weight excluding hydrogens is 284 g/mol. The molecule has 1 fully saturated rings. The molecule has 19 heavy (non-hydrogen) atoms. The van der Waals surface area contributed by atoms with Crippen LogP contribution in [0.4, 0.5) is 0 Å². The van der Waals surface area contributed by atoms with Gasteiger partial charge in [0.2, 0.25) is 10.0 Å². The zero-order chi connectivity index (χ0) is 13.7. The van der Waals surface area contributed by atoms with Crippen LogP contribution in [0.2, 0.25) is 0 Å². The maximum atomic E-state index is 11.9. The maximum Gasteiger partial charge on any atom is 0.211 e. The van der Waals surface area contributed by atoms with Crippen molar-refractivity contribution >= 4 is 21.6 Å². The first-order valence-corrected chi connectivity index (χ1v) is 8.67. The third-order valence-electron chi connectivity index (χ3n) is 3.48. The minimum Gasteiger partial charge on any atom is -0.261 e. The average molecular weight is 303 g/mol. The van der Waals surface area contributed by atoms with E-state index in [-0.39, 0.29) is 17.0 Å². The first kappa shape index (κ1) is 14.8. The SMILES string of the molecule is O=S(=O)(CCc1ccccn1)NCC1CCCC1Cl. The van der Waals surface area contributed by atoms with Gasteiger partial charge in [0.25, 0.3) is 0 Å². The van der Waals surface area contributed by atoms with Gasteiger partial charge in [0.1, 0.15) is 0 Å². The Morgan fingerprint density at radius 1 is 1.37 bits per heavy atom. The van der Waals surface area contributed by atoms with Crippen molar-refractivity contribution in [1.29, 1.82) is 0 Å². The molecule has 1 aromatic rings. The second kappa shape index (κ2) is 6.68. The molecule has 1 heterocycles. The first-order valence-electron chi connectivity index (χ1n) is 6.58. The fraction of sp³-hybridized carbons (Fsp3) is 0.615. The number of hydrogen-bond acceptors (Lipinski definition) is 3. The number of rotatable bonds is 6. The highest BCUT2D eigenvalue weighted by Crippen LogP contribution is 2.29. The summed E-state index contributed by atoms with van der Waals surface area (Å²) in [5.74, 6) is 0.343. The van der Waals surface area contributed by atoms with Gasteiger partial charge in [-0.05, 0) is 30.9 Å². The molecule has 1 aliphatic rings. The molecule has 6 heteroatoms. The molecule has 106 valence electrons. The largest absolute Gasteiger partial charge is 0.261 e.